The summed E-state index contributed by atoms with van der Waals surface area (Å²) in [5, 5.41) is 16.8. The monoisotopic (exact) mass is 401 g/mol. The Morgan fingerprint density at radius 1 is 1.21 bits per heavy atom. The van der Waals surface area contributed by atoms with Crippen molar-refractivity contribution in [1.29, 1.82) is 0 Å². The Kier molecular flexibility index (Phi) is 7.67. The second-order valence-electron chi connectivity index (χ2n) is 6.31. The van der Waals surface area contributed by atoms with E-state index in [-0.39, 0.29) is 16.9 Å². The number of amides is 1. The molecule has 0 fully saturated rings. The van der Waals surface area contributed by atoms with Gasteiger partial charge in [-0.25, -0.2) is 4.79 Å². The Hall–Kier alpha value is -3.46. The van der Waals surface area contributed by atoms with Crippen LogP contribution >= 0.6 is 0 Å². The van der Waals surface area contributed by atoms with Gasteiger partial charge < -0.3 is 20.1 Å². The molecule has 0 radical (unpaired) electrons. The van der Waals surface area contributed by atoms with Gasteiger partial charge in [0.1, 0.15) is 5.69 Å². The third-order valence-electron chi connectivity index (χ3n) is 3.99. The number of hydrogen-bond acceptors (Lipinski definition) is 7. The summed E-state index contributed by atoms with van der Waals surface area (Å²) in [5.41, 5.74) is 1.52. The zero-order chi connectivity index (χ0) is 21.4. The number of nitro groups is 1. The maximum absolute atomic E-state index is 12.3. The number of methoxy groups -OCH3 is 1. The van der Waals surface area contributed by atoms with Crippen molar-refractivity contribution in [3.8, 4) is 0 Å². The average Bonchev–Trinajstić information content (AvgIpc) is 2.68. The van der Waals surface area contributed by atoms with Crippen LogP contribution in [0.15, 0.2) is 42.5 Å². The van der Waals surface area contributed by atoms with Crippen LogP contribution < -0.4 is 10.6 Å². The number of nitrogens with one attached hydrogen (secondary N) is 2. The van der Waals surface area contributed by atoms with E-state index >= 15 is 0 Å². The van der Waals surface area contributed by atoms with Gasteiger partial charge in [0.15, 0.2) is 6.10 Å². The van der Waals surface area contributed by atoms with E-state index in [0.29, 0.717) is 18.8 Å². The number of hydrogen-bond donors (Lipinski definition) is 2. The lowest BCUT2D eigenvalue weighted by atomic mass is 10.1. The summed E-state index contributed by atoms with van der Waals surface area (Å²) < 4.78 is 10.1. The van der Waals surface area contributed by atoms with Gasteiger partial charge in [0.05, 0.1) is 17.1 Å². The number of nitro benzene ring substituents is 1. The highest BCUT2D eigenvalue weighted by Gasteiger charge is 2.22. The van der Waals surface area contributed by atoms with Gasteiger partial charge in [-0.15, -0.1) is 0 Å². The van der Waals surface area contributed by atoms with E-state index in [1.807, 2.05) is 13.0 Å². The first-order valence-electron chi connectivity index (χ1n) is 8.91. The molecule has 0 spiro atoms. The van der Waals surface area contributed by atoms with Crippen LogP contribution in [-0.2, 0) is 14.3 Å². The molecule has 1 amide bonds. The summed E-state index contributed by atoms with van der Waals surface area (Å²) in [7, 11) is 1.52. The zero-order valence-electron chi connectivity index (χ0n) is 16.4. The SMILES string of the molecule is COCCNc1ccc(C(=O)O[C@H](C)C(=O)Nc2cccc(C)c2)cc1[N+](=O)[O-]. The summed E-state index contributed by atoms with van der Waals surface area (Å²) in [4.78, 5) is 35.3. The van der Waals surface area contributed by atoms with E-state index in [2.05, 4.69) is 10.6 Å². The third-order valence-corrected chi connectivity index (χ3v) is 3.99. The van der Waals surface area contributed by atoms with Gasteiger partial charge in [0.2, 0.25) is 0 Å². The molecule has 9 heteroatoms. The smallest absolute Gasteiger partial charge is 0.339 e. The number of carbonyl (C=O) groups excluding carboxylic acids is 2. The molecule has 0 unspecified atom stereocenters. The Labute approximate surface area is 168 Å². The summed E-state index contributed by atoms with van der Waals surface area (Å²) >= 11 is 0. The maximum Gasteiger partial charge on any atom is 0.339 e. The minimum Gasteiger partial charge on any atom is -0.449 e. The maximum atomic E-state index is 12.3. The lowest BCUT2D eigenvalue weighted by Crippen LogP contribution is -2.30. The van der Waals surface area contributed by atoms with Gasteiger partial charge in [0.25, 0.3) is 11.6 Å². The van der Waals surface area contributed by atoms with Crippen molar-refractivity contribution in [2.75, 3.05) is 30.9 Å². The van der Waals surface area contributed by atoms with E-state index < -0.39 is 22.9 Å². The fourth-order valence-corrected chi connectivity index (χ4v) is 2.50. The van der Waals surface area contributed by atoms with Crippen LogP contribution in [0.25, 0.3) is 0 Å². The number of ether oxygens (including phenoxy) is 2. The minimum atomic E-state index is -1.08. The topological polar surface area (TPSA) is 120 Å². The first-order valence-corrected chi connectivity index (χ1v) is 8.91. The van der Waals surface area contributed by atoms with Crippen LogP contribution in [0.1, 0.15) is 22.8 Å². The van der Waals surface area contributed by atoms with E-state index in [4.69, 9.17) is 9.47 Å². The van der Waals surface area contributed by atoms with E-state index in [0.717, 1.165) is 11.6 Å². The lowest BCUT2D eigenvalue weighted by molar-refractivity contribution is -0.384. The number of rotatable bonds is 9. The summed E-state index contributed by atoms with van der Waals surface area (Å²) in [6, 6.07) is 11.1. The van der Waals surface area contributed by atoms with Crippen LogP contribution in [-0.4, -0.2) is 43.2 Å². The summed E-state index contributed by atoms with van der Waals surface area (Å²) in [6.07, 6.45) is -1.08. The summed E-state index contributed by atoms with van der Waals surface area (Å²) in [6.45, 7) is 4.06. The highest BCUT2D eigenvalue weighted by atomic mass is 16.6. The molecule has 0 aromatic heterocycles. The normalized spacial score (nSPS) is 11.4. The molecule has 1 atom stereocenters. The lowest BCUT2D eigenvalue weighted by Gasteiger charge is -2.14. The Morgan fingerprint density at radius 3 is 2.62 bits per heavy atom. The Morgan fingerprint density at radius 2 is 1.97 bits per heavy atom. The number of aryl methyl sites for hydroxylation is 1. The van der Waals surface area contributed by atoms with Crippen molar-refractivity contribution in [1.82, 2.24) is 0 Å². The molecule has 0 saturated heterocycles. The highest BCUT2D eigenvalue weighted by molar-refractivity contribution is 5.97. The van der Waals surface area contributed by atoms with Gasteiger partial charge in [-0.1, -0.05) is 12.1 Å². The molecule has 2 rings (SSSR count). The van der Waals surface area contributed by atoms with Crippen molar-refractivity contribution in [2.24, 2.45) is 0 Å². The van der Waals surface area contributed by atoms with E-state index in [9.17, 15) is 19.7 Å². The predicted molar refractivity (Wildman–Crippen MR) is 108 cm³/mol. The molecule has 0 aliphatic carbocycles. The van der Waals surface area contributed by atoms with Crippen molar-refractivity contribution >= 4 is 28.9 Å². The average molecular weight is 401 g/mol. The highest BCUT2D eigenvalue weighted by Crippen LogP contribution is 2.26. The third kappa shape index (κ3) is 6.28. The molecule has 0 bridgehead atoms. The molecule has 0 saturated carbocycles. The van der Waals surface area contributed by atoms with Crippen LogP contribution in [0.4, 0.5) is 17.1 Å². The number of carbonyl (C=O) groups is 2. The van der Waals surface area contributed by atoms with Crippen LogP contribution in [0.2, 0.25) is 0 Å². The van der Waals surface area contributed by atoms with Crippen LogP contribution in [0, 0.1) is 17.0 Å². The molecule has 9 nitrogen and oxygen atoms in total. The van der Waals surface area contributed by atoms with Gasteiger partial charge in [0, 0.05) is 25.4 Å². The van der Waals surface area contributed by atoms with Gasteiger partial charge in [-0.05, 0) is 43.7 Å². The van der Waals surface area contributed by atoms with Crippen LogP contribution in [0.3, 0.4) is 0 Å². The standard InChI is InChI=1S/C20H23N3O6/c1-13-5-4-6-16(11-13)22-19(24)14(2)29-20(25)15-7-8-17(21-9-10-28-3)18(12-15)23(26)27/h4-8,11-12,14,21H,9-10H2,1-3H3,(H,22,24)/t14-/m1/s1. The molecule has 2 N–H and O–H groups in total. The number of benzene rings is 2. The van der Waals surface area contributed by atoms with Crippen LogP contribution in [0.5, 0.6) is 0 Å². The molecule has 154 valence electrons. The molecular weight excluding hydrogens is 378 g/mol. The molecule has 0 aliphatic heterocycles. The molecule has 2 aromatic rings. The molecule has 0 aliphatic rings. The fraction of sp³-hybridized carbons (Fsp3) is 0.300. The Bertz CT molecular complexity index is 900. The first kappa shape index (κ1) is 21.8. The van der Waals surface area contributed by atoms with Crippen molar-refractivity contribution in [3.05, 3.63) is 63.7 Å². The minimum absolute atomic E-state index is 0.0239. The van der Waals surface area contributed by atoms with Crippen molar-refractivity contribution in [2.45, 2.75) is 20.0 Å². The second-order valence-corrected chi connectivity index (χ2v) is 6.31. The fourth-order valence-electron chi connectivity index (χ4n) is 2.50. The number of anilines is 2. The summed E-state index contributed by atoms with van der Waals surface area (Å²) in [5.74, 6) is -1.33. The number of nitrogens with zero attached hydrogens (tertiary/aromatic N) is 1. The van der Waals surface area contributed by atoms with Gasteiger partial charge in [-0.3, -0.25) is 14.9 Å². The molecule has 0 heterocycles. The van der Waals surface area contributed by atoms with Gasteiger partial charge >= 0.3 is 5.97 Å². The van der Waals surface area contributed by atoms with Crippen molar-refractivity contribution in [3.63, 3.8) is 0 Å². The molecular formula is C20H23N3O6. The van der Waals surface area contributed by atoms with Gasteiger partial charge in [-0.2, -0.15) is 0 Å². The predicted octanol–water partition coefficient (Wildman–Crippen LogP) is 3.15. The van der Waals surface area contributed by atoms with E-state index in [1.165, 1.54) is 26.2 Å². The van der Waals surface area contributed by atoms with E-state index in [1.54, 1.807) is 18.2 Å². The second kappa shape index (κ2) is 10.2. The molecule has 2 aromatic carbocycles. The molecule has 29 heavy (non-hydrogen) atoms. The largest absolute Gasteiger partial charge is 0.449 e. The first-order chi connectivity index (χ1) is 13.8. The zero-order valence-corrected chi connectivity index (χ0v) is 16.4. The quantitative estimate of drug-likeness (QED) is 0.287. The van der Waals surface area contributed by atoms with Crippen molar-refractivity contribution < 1.29 is 24.0 Å². The number of esters is 1. The Balaban J connectivity index is 2.05.